The maximum Gasteiger partial charge on any atom is 0.341 e. The standard InChI is InChI=1S/C27H24N4O5S/c1-2-36-26(34)23-19(16-8-4-3-5-9-16)15-37-24(23)30-22(32)14-31-25(33)21(29-27(31)35)12-17-13-28-20-11-7-6-10-18(17)20/h3-11,13,15,21,28H,2,12,14H2,1H3,(H,29,35)(H,30,32)/t21-/m1/s1. The van der Waals surface area contributed by atoms with Gasteiger partial charge in [0.15, 0.2) is 0 Å². The van der Waals surface area contributed by atoms with Crippen molar-refractivity contribution in [2.45, 2.75) is 19.4 Å². The van der Waals surface area contributed by atoms with Crippen LogP contribution in [-0.2, 0) is 20.7 Å². The number of benzene rings is 2. The number of imide groups is 1. The largest absolute Gasteiger partial charge is 0.462 e. The van der Waals surface area contributed by atoms with Gasteiger partial charge >= 0.3 is 12.0 Å². The smallest absolute Gasteiger partial charge is 0.341 e. The molecule has 0 spiro atoms. The first-order valence-corrected chi connectivity index (χ1v) is 12.6. The highest BCUT2D eigenvalue weighted by atomic mass is 32.1. The molecule has 188 valence electrons. The second-order valence-corrected chi connectivity index (χ2v) is 9.36. The van der Waals surface area contributed by atoms with Crippen molar-refractivity contribution in [1.29, 1.82) is 0 Å². The number of rotatable bonds is 8. The zero-order chi connectivity index (χ0) is 25.9. The third-order valence-corrected chi connectivity index (χ3v) is 7.01. The van der Waals surface area contributed by atoms with Gasteiger partial charge in [0.05, 0.1) is 6.61 Å². The van der Waals surface area contributed by atoms with E-state index in [9.17, 15) is 19.2 Å². The van der Waals surface area contributed by atoms with E-state index in [0.29, 0.717) is 17.0 Å². The third kappa shape index (κ3) is 4.83. The van der Waals surface area contributed by atoms with Gasteiger partial charge in [-0.2, -0.15) is 0 Å². The molecule has 0 saturated carbocycles. The van der Waals surface area contributed by atoms with Gasteiger partial charge in [-0.15, -0.1) is 11.3 Å². The van der Waals surface area contributed by atoms with Crippen molar-refractivity contribution < 1.29 is 23.9 Å². The Morgan fingerprint density at radius 1 is 1.08 bits per heavy atom. The zero-order valence-corrected chi connectivity index (χ0v) is 20.8. The van der Waals surface area contributed by atoms with Gasteiger partial charge in [-0.1, -0.05) is 48.5 Å². The molecule has 0 aliphatic carbocycles. The highest BCUT2D eigenvalue weighted by Crippen LogP contribution is 2.36. The molecule has 1 aliphatic rings. The van der Waals surface area contributed by atoms with E-state index >= 15 is 0 Å². The highest BCUT2D eigenvalue weighted by Gasteiger charge is 2.39. The number of nitrogens with one attached hydrogen (secondary N) is 3. The Balaban J connectivity index is 1.30. The first-order chi connectivity index (χ1) is 18.0. The second-order valence-electron chi connectivity index (χ2n) is 8.48. The number of ether oxygens (including phenoxy) is 1. The van der Waals surface area contributed by atoms with E-state index in [1.807, 2.05) is 60.8 Å². The number of carbonyl (C=O) groups excluding carboxylic acids is 4. The van der Waals surface area contributed by atoms with E-state index in [1.165, 1.54) is 11.3 Å². The highest BCUT2D eigenvalue weighted by molar-refractivity contribution is 7.15. The summed E-state index contributed by atoms with van der Waals surface area (Å²) in [7, 11) is 0. The number of nitrogens with zero attached hydrogens (tertiary/aromatic N) is 1. The van der Waals surface area contributed by atoms with Gasteiger partial charge in [-0.05, 0) is 24.1 Å². The number of anilines is 1. The number of fused-ring (bicyclic) bond motifs is 1. The van der Waals surface area contributed by atoms with Crippen molar-refractivity contribution in [1.82, 2.24) is 15.2 Å². The maximum atomic E-state index is 13.0. The lowest BCUT2D eigenvalue weighted by atomic mass is 10.0. The minimum Gasteiger partial charge on any atom is -0.462 e. The summed E-state index contributed by atoms with van der Waals surface area (Å²) in [6, 6.07) is 15.6. The first kappa shape index (κ1) is 24.3. The van der Waals surface area contributed by atoms with Gasteiger partial charge in [0.25, 0.3) is 5.91 Å². The predicted octanol–water partition coefficient (Wildman–Crippen LogP) is 4.17. The number of hydrogen-bond acceptors (Lipinski definition) is 6. The van der Waals surface area contributed by atoms with Crippen LogP contribution in [-0.4, -0.2) is 52.9 Å². The average molecular weight is 517 g/mol. The number of urea groups is 1. The Morgan fingerprint density at radius 2 is 1.84 bits per heavy atom. The number of carbonyl (C=O) groups is 4. The lowest BCUT2D eigenvalue weighted by Crippen LogP contribution is -2.38. The number of aromatic nitrogens is 1. The van der Waals surface area contributed by atoms with Crippen molar-refractivity contribution >= 4 is 51.1 Å². The van der Waals surface area contributed by atoms with Gasteiger partial charge in [0.1, 0.15) is 23.2 Å². The summed E-state index contributed by atoms with van der Waals surface area (Å²) in [5.74, 6) is -1.64. The van der Waals surface area contributed by atoms with E-state index in [0.717, 1.165) is 26.9 Å². The van der Waals surface area contributed by atoms with Crippen LogP contribution in [0.15, 0.2) is 66.2 Å². The van der Waals surface area contributed by atoms with Gasteiger partial charge in [0.2, 0.25) is 5.91 Å². The molecular weight excluding hydrogens is 492 g/mol. The summed E-state index contributed by atoms with van der Waals surface area (Å²) in [5.41, 5.74) is 3.51. The number of hydrogen-bond donors (Lipinski definition) is 3. The molecule has 3 N–H and O–H groups in total. The fourth-order valence-corrected chi connectivity index (χ4v) is 5.35. The van der Waals surface area contributed by atoms with Crippen molar-refractivity contribution in [2.75, 3.05) is 18.5 Å². The van der Waals surface area contributed by atoms with Crippen LogP contribution in [0.5, 0.6) is 0 Å². The predicted molar refractivity (Wildman–Crippen MR) is 140 cm³/mol. The van der Waals surface area contributed by atoms with E-state index in [-0.39, 0.29) is 12.2 Å². The lowest BCUT2D eigenvalue weighted by molar-refractivity contribution is -0.130. The Kier molecular flexibility index (Phi) is 6.74. The van der Waals surface area contributed by atoms with Crippen LogP contribution in [0.2, 0.25) is 0 Å². The van der Waals surface area contributed by atoms with Gasteiger partial charge in [-0.3, -0.25) is 14.5 Å². The monoisotopic (exact) mass is 516 g/mol. The van der Waals surface area contributed by atoms with Crippen molar-refractivity contribution in [2.24, 2.45) is 0 Å². The minimum absolute atomic E-state index is 0.177. The normalized spacial score (nSPS) is 15.2. The van der Waals surface area contributed by atoms with Crippen LogP contribution in [0.3, 0.4) is 0 Å². The fourth-order valence-electron chi connectivity index (χ4n) is 4.38. The number of esters is 1. The molecule has 10 heteroatoms. The van der Waals surface area contributed by atoms with E-state index in [2.05, 4.69) is 15.6 Å². The van der Waals surface area contributed by atoms with Gasteiger partial charge < -0.3 is 20.4 Å². The number of thiophene rings is 1. The van der Waals surface area contributed by atoms with Crippen molar-refractivity contribution in [3.63, 3.8) is 0 Å². The first-order valence-electron chi connectivity index (χ1n) is 11.8. The second kappa shape index (κ2) is 10.3. The Hall–Kier alpha value is -4.44. The summed E-state index contributed by atoms with van der Waals surface area (Å²) in [6.07, 6.45) is 2.11. The number of para-hydroxylation sites is 1. The third-order valence-electron chi connectivity index (χ3n) is 6.12. The molecule has 1 aliphatic heterocycles. The van der Waals surface area contributed by atoms with Gasteiger partial charge in [0, 0.05) is 34.5 Å². The van der Waals surface area contributed by atoms with Crippen LogP contribution >= 0.6 is 11.3 Å². The molecule has 1 fully saturated rings. The summed E-state index contributed by atoms with van der Waals surface area (Å²) in [4.78, 5) is 55.2. The maximum absolute atomic E-state index is 13.0. The van der Waals surface area contributed by atoms with E-state index in [4.69, 9.17) is 4.74 Å². The molecule has 37 heavy (non-hydrogen) atoms. The molecule has 3 heterocycles. The number of aromatic amines is 1. The van der Waals surface area contributed by atoms with Gasteiger partial charge in [-0.25, -0.2) is 9.59 Å². The summed E-state index contributed by atoms with van der Waals surface area (Å²) in [6.45, 7) is 1.40. The molecule has 4 amide bonds. The van der Waals surface area contributed by atoms with E-state index < -0.39 is 36.4 Å². The summed E-state index contributed by atoms with van der Waals surface area (Å²) >= 11 is 1.18. The molecule has 0 unspecified atom stereocenters. The van der Waals surface area contributed by atoms with Crippen LogP contribution in [0, 0.1) is 0 Å². The topological polar surface area (TPSA) is 121 Å². The molecule has 1 atom stereocenters. The van der Waals surface area contributed by atoms with Crippen LogP contribution in [0.1, 0.15) is 22.8 Å². The molecule has 0 bridgehead atoms. The molecule has 0 radical (unpaired) electrons. The van der Waals surface area contributed by atoms with Crippen molar-refractivity contribution in [3.05, 3.63) is 77.3 Å². The zero-order valence-electron chi connectivity index (χ0n) is 19.9. The summed E-state index contributed by atoms with van der Waals surface area (Å²) in [5, 5.41) is 8.40. The quantitative estimate of drug-likeness (QED) is 0.240. The number of amides is 4. The van der Waals surface area contributed by atoms with Crippen LogP contribution < -0.4 is 10.6 Å². The van der Waals surface area contributed by atoms with Crippen molar-refractivity contribution in [3.8, 4) is 11.1 Å². The molecule has 2 aromatic heterocycles. The Bertz CT molecular complexity index is 1490. The lowest BCUT2D eigenvalue weighted by Gasteiger charge is -2.13. The van der Waals surface area contributed by atoms with Crippen LogP contribution in [0.4, 0.5) is 9.80 Å². The minimum atomic E-state index is -0.777. The molecule has 4 aromatic rings. The Morgan fingerprint density at radius 3 is 2.62 bits per heavy atom. The molecule has 5 rings (SSSR count). The molecule has 2 aromatic carbocycles. The SMILES string of the molecule is CCOC(=O)c1c(-c2ccccc2)csc1NC(=O)CN1C(=O)N[C@H](Cc2c[nH]c3ccccc23)C1=O. The number of H-pyrrole nitrogens is 1. The molecule has 9 nitrogen and oxygen atoms in total. The van der Waals surface area contributed by atoms with E-state index in [1.54, 1.807) is 12.3 Å². The molecule has 1 saturated heterocycles. The Labute approximate surface area is 216 Å². The van der Waals surface area contributed by atoms with Crippen LogP contribution in [0.25, 0.3) is 22.0 Å². The average Bonchev–Trinajstić information content (AvgIpc) is 3.58. The molecular formula is C27H24N4O5S. The summed E-state index contributed by atoms with van der Waals surface area (Å²) < 4.78 is 5.22. The fraction of sp³-hybridized carbons (Fsp3) is 0.185.